The van der Waals surface area contributed by atoms with Gasteiger partial charge in [-0.05, 0) is 13.8 Å². The standard InChI is InChI=1S/C3H6O.C2H3O.Ni/c1-3(2)4;1-2-3;/h1-2H3;1H3;/q;-1;. The van der Waals surface area contributed by atoms with E-state index >= 15 is 0 Å². The van der Waals surface area contributed by atoms with E-state index in [2.05, 4.69) is 0 Å². The predicted molar refractivity (Wildman–Crippen MR) is 27.7 cm³/mol. The molecule has 0 aliphatic heterocycles. The first kappa shape index (κ1) is 15.7. The molecule has 0 aromatic carbocycles. The Bertz CT molecular complexity index is 57.4. The summed E-state index contributed by atoms with van der Waals surface area (Å²) in [6.07, 6.45) is 1.50. The molecule has 0 aromatic heterocycles. The molecule has 8 heavy (non-hydrogen) atoms. The Hall–Kier alpha value is -0.166. The molecule has 0 aliphatic rings. The third kappa shape index (κ3) is 4920. The molecule has 0 aromatic rings. The Morgan fingerprint density at radius 3 is 1.38 bits per heavy atom. The number of rotatable bonds is 0. The van der Waals surface area contributed by atoms with Gasteiger partial charge in [0.2, 0.25) is 0 Å². The van der Waals surface area contributed by atoms with E-state index in [0.717, 1.165) is 0 Å². The molecular formula is C5H9NiO2-. The molecule has 0 N–H and O–H groups in total. The van der Waals surface area contributed by atoms with Gasteiger partial charge in [0, 0.05) is 16.5 Å². The summed E-state index contributed by atoms with van der Waals surface area (Å²) in [6, 6.07) is 0. The monoisotopic (exact) mass is 159 g/mol. The van der Waals surface area contributed by atoms with E-state index in [1.54, 1.807) is 0 Å². The minimum atomic E-state index is 0. The molecule has 52 valence electrons. The summed E-state index contributed by atoms with van der Waals surface area (Å²) in [5, 5.41) is 0. The summed E-state index contributed by atoms with van der Waals surface area (Å²) in [6.45, 7) is 4.38. The van der Waals surface area contributed by atoms with Crippen molar-refractivity contribution >= 4 is 12.1 Å². The van der Waals surface area contributed by atoms with Crippen LogP contribution in [-0.4, -0.2) is 12.1 Å². The molecule has 0 bridgehead atoms. The third-order valence-corrected chi connectivity index (χ3v) is 0. The second-order valence-corrected chi connectivity index (χ2v) is 1.11. The smallest absolute Gasteiger partial charge is 0.126 e. The van der Waals surface area contributed by atoms with Crippen LogP contribution in [-0.2, 0) is 26.1 Å². The zero-order valence-corrected chi connectivity index (χ0v) is 6.12. The minimum absolute atomic E-state index is 0. The number of Topliss-reactive ketones (excluding diaryl/α,β-unsaturated/α-hetero) is 1. The Balaban J connectivity index is -0.0000000575. The van der Waals surface area contributed by atoms with Gasteiger partial charge in [0.25, 0.3) is 0 Å². The molecule has 0 radical (unpaired) electrons. The quantitative estimate of drug-likeness (QED) is 0.386. The number of carbonyl (C=O) groups excluding carboxylic acids is 2. The van der Waals surface area contributed by atoms with Gasteiger partial charge in [-0.25, -0.2) is 0 Å². The number of hydrogen-bond acceptors (Lipinski definition) is 2. The van der Waals surface area contributed by atoms with Crippen LogP contribution in [0, 0.1) is 0 Å². The Morgan fingerprint density at radius 1 is 1.38 bits per heavy atom. The number of carbonyl (C=O) groups is 1. The van der Waals surface area contributed by atoms with E-state index in [1.165, 1.54) is 27.1 Å². The first-order valence-corrected chi connectivity index (χ1v) is 1.91. The van der Waals surface area contributed by atoms with Crippen molar-refractivity contribution in [2.45, 2.75) is 20.8 Å². The average molecular weight is 160 g/mol. The van der Waals surface area contributed by atoms with Gasteiger partial charge in [0.1, 0.15) is 5.78 Å². The summed E-state index contributed by atoms with van der Waals surface area (Å²) < 4.78 is 0. The molecule has 0 heterocycles. The normalized spacial score (nSPS) is 4.88. The van der Waals surface area contributed by atoms with E-state index in [9.17, 15) is 4.79 Å². The van der Waals surface area contributed by atoms with Gasteiger partial charge in [-0.3, -0.25) is 6.29 Å². The Morgan fingerprint density at radius 2 is 1.38 bits per heavy atom. The van der Waals surface area contributed by atoms with Gasteiger partial charge >= 0.3 is 0 Å². The molecule has 0 spiro atoms. The van der Waals surface area contributed by atoms with Gasteiger partial charge < -0.3 is 9.59 Å². The first-order valence-electron chi connectivity index (χ1n) is 1.91. The summed E-state index contributed by atoms with van der Waals surface area (Å²) in [5.41, 5.74) is 0. The summed E-state index contributed by atoms with van der Waals surface area (Å²) in [5.74, 6) is 0.167. The third-order valence-electron chi connectivity index (χ3n) is 0. The fourth-order valence-corrected chi connectivity index (χ4v) is 0. The molecule has 0 saturated carbocycles. The van der Waals surface area contributed by atoms with E-state index in [1.807, 2.05) is 0 Å². The van der Waals surface area contributed by atoms with Crippen LogP contribution < -0.4 is 0 Å². The van der Waals surface area contributed by atoms with Crippen LogP contribution in [0.4, 0.5) is 0 Å². The zero-order valence-electron chi connectivity index (χ0n) is 5.13. The zero-order chi connectivity index (χ0) is 6.28. The van der Waals surface area contributed by atoms with Crippen LogP contribution >= 0.6 is 0 Å². The average Bonchev–Trinajstić information content (AvgIpc) is 1.33. The molecular weight excluding hydrogens is 151 g/mol. The molecule has 0 unspecified atom stereocenters. The van der Waals surface area contributed by atoms with Crippen LogP contribution in [0.2, 0.25) is 0 Å². The molecule has 0 saturated heterocycles. The van der Waals surface area contributed by atoms with E-state index in [4.69, 9.17) is 4.79 Å². The van der Waals surface area contributed by atoms with Crippen molar-refractivity contribution in [1.82, 2.24) is 0 Å². The van der Waals surface area contributed by atoms with Crippen LogP contribution in [0.5, 0.6) is 0 Å². The maximum absolute atomic E-state index is 9.44. The number of ketones is 1. The summed E-state index contributed by atoms with van der Waals surface area (Å²) in [7, 11) is 0. The van der Waals surface area contributed by atoms with Gasteiger partial charge in [0.05, 0.1) is 0 Å². The SMILES string of the molecule is CC(C)=O.C[C-]=O.[Ni]. The Labute approximate surface area is 59.6 Å². The number of hydrogen-bond donors (Lipinski definition) is 0. The predicted octanol–water partition coefficient (Wildman–Crippen LogP) is 0.709. The van der Waals surface area contributed by atoms with Gasteiger partial charge in [-0.1, -0.05) is 0 Å². The molecule has 0 amide bonds. The summed E-state index contributed by atoms with van der Waals surface area (Å²) >= 11 is 0. The fourth-order valence-electron chi connectivity index (χ4n) is 0. The van der Waals surface area contributed by atoms with Gasteiger partial charge in [-0.15, -0.1) is 0 Å². The molecule has 2 nitrogen and oxygen atoms in total. The molecule has 3 heteroatoms. The first-order chi connectivity index (χ1) is 3.15. The van der Waals surface area contributed by atoms with Crippen LogP contribution in [0.25, 0.3) is 0 Å². The second kappa shape index (κ2) is 15.8. The maximum Gasteiger partial charge on any atom is 0.126 e. The van der Waals surface area contributed by atoms with Crippen molar-refractivity contribution in [3.8, 4) is 0 Å². The van der Waals surface area contributed by atoms with Crippen molar-refractivity contribution in [1.29, 1.82) is 0 Å². The maximum atomic E-state index is 9.44. The Kier molecular flexibility index (Phi) is 31.0. The van der Waals surface area contributed by atoms with E-state index < -0.39 is 0 Å². The van der Waals surface area contributed by atoms with Gasteiger partial charge in [0.15, 0.2) is 0 Å². The van der Waals surface area contributed by atoms with E-state index in [-0.39, 0.29) is 22.3 Å². The molecule has 0 atom stereocenters. The molecule has 0 fully saturated rings. The van der Waals surface area contributed by atoms with Crippen molar-refractivity contribution < 1.29 is 26.1 Å². The van der Waals surface area contributed by atoms with Crippen molar-refractivity contribution in [2.24, 2.45) is 0 Å². The van der Waals surface area contributed by atoms with Crippen LogP contribution in [0.15, 0.2) is 0 Å². The largest absolute Gasteiger partial charge is 0.542 e. The molecule has 0 rings (SSSR count). The van der Waals surface area contributed by atoms with Gasteiger partial charge in [-0.2, -0.15) is 6.92 Å². The summed E-state index contributed by atoms with van der Waals surface area (Å²) in [4.78, 5) is 18.1. The van der Waals surface area contributed by atoms with E-state index in [0.29, 0.717) is 0 Å². The van der Waals surface area contributed by atoms with Crippen molar-refractivity contribution in [3.05, 3.63) is 0 Å². The van der Waals surface area contributed by atoms with Crippen LogP contribution in [0.1, 0.15) is 20.8 Å². The van der Waals surface area contributed by atoms with Crippen molar-refractivity contribution in [2.75, 3.05) is 0 Å². The fraction of sp³-hybridized carbons (Fsp3) is 0.600. The topological polar surface area (TPSA) is 34.1 Å². The second-order valence-electron chi connectivity index (χ2n) is 1.11. The van der Waals surface area contributed by atoms with Crippen LogP contribution in [0.3, 0.4) is 0 Å². The minimum Gasteiger partial charge on any atom is -0.542 e. The van der Waals surface area contributed by atoms with Crippen molar-refractivity contribution in [3.63, 3.8) is 0 Å². The molecule has 0 aliphatic carbocycles.